The van der Waals surface area contributed by atoms with Crippen molar-refractivity contribution in [2.45, 2.75) is 31.5 Å². The topological polar surface area (TPSA) is 142 Å². The molecule has 2 aromatic carbocycles. The molecule has 1 aromatic heterocycles. The van der Waals surface area contributed by atoms with Gasteiger partial charge < -0.3 is 26.8 Å². The Balaban J connectivity index is 1.49. The number of hydrogen-bond acceptors (Lipinski definition) is 7. The number of nitrogens with two attached hydrogens (primary N) is 1. The van der Waals surface area contributed by atoms with Gasteiger partial charge in [-0.05, 0) is 43.7 Å². The third-order valence-electron chi connectivity index (χ3n) is 5.75. The predicted octanol–water partition coefficient (Wildman–Crippen LogP) is 3.58. The van der Waals surface area contributed by atoms with E-state index in [4.69, 9.17) is 28.9 Å². The number of benzene rings is 2. The second kappa shape index (κ2) is 10.9. The van der Waals surface area contributed by atoms with Crippen molar-refractivity contribution in [1.82, 2.24) is 20.6 Å². The zero-order valence-electron chi connectivity index (χ0n) is 18.6. The fraction of sp³-hybridized carbons (Fsp3) is 0.250. The molecule has 0 aliphatic carbocycles. The minimum atomic E-state index is -0.922. The minimum absolute atomic E-state index is 0.213. The van der Waals surface area contributed by atoms with E-state index in [9.17, 15) is 14.7 Å². The first kappa shape index (κ1) is 24.7. The van der Waals surface area contributed by atoms with Gasteiger partial charge in [0.1, 0.15) is 6.04 Å². The number of aliphatic carboxylic acids is 1. The molecule has 11 heteroatoms. The SMILES string of the molecule is Nc1ncc(-c2cccc(C(=O)NC3CCN[C@@H](C(=O)O)C3)c2)nc1NCc1c(Cl)cccc1Cl. The van der Waals surface area contributed by atoms with Crippen LogP contribution in [0.2, 0.25) is 10.0 Å². The Morgan fingerprint density at radius 1 is 1.17 bits per heavy atom. The van der Waals surface area contributed by atoms with Crippen molar-refractivity contribution >= 4 is 46.7 Å². The molecule has 35 heavy (non-hydrogen) atoms. The molecule has 1 aliphatic rings. The van der Waals surface area contributed by atoms with Crippen molar-refractivity contribution in [3.63, 3.8) is 0 Å². The van der Waals surface area contributed by atoms with E-state index in [1.54, 1.807) is 36.4 Å². The number of carbonyl (C=O) groups is 2. The molecule has 1 unspecified atom stereocenters. The average Bonchev–Trinajstić information content (AvgIpc) is 2.85. The van der Waals surface area contributed by atoms with Crippen LogP contribution in [0.4, 0.5) is 11.6 Å². The molecular weight excluding hydrogens is 491 g/mol. The molecule has 1 saturated heterocycles. The Kier molecular flexibility index (Phi) is 7.70. The van der Waals surface area contributed by atoms with Gasteiger partial charge in [0, 0.05) is 39.3 Å². The monoisotopic (exact) mass is 514 g/mol. The van der Waals surface area contributed by atoms with Crippen molar-refractivity contribution in [2.24, 2.45) is 0 Å². The van der Waals surface area contributed by atoms with Crippen LogP contribution in [-0.4, -0.2) is 45.6 Å². The second-order valence-electron chi connectivity index (χ2n) is 8.16. The fourth-order valence-corrected chi connectivity index (χ4v) is 4.40. The van der Waals surface area contributed by atoms with Gasteiger partial charge in [0.2, 0.25) is 0 Å². The van der Waals surface area contributed by atoms with Crippen molar-refractivity contribution in [3.8, 4) is 11.3 Å². The summed E-state index contributed by atoms with van der Waals surface area (Å²) in [4.78, 5) is 32.9. The number of nitrogens with zero attached hydrogens (tertiary/aromatic N) is 2. The van der Waals surface area contributed by atoms with Crippen LogP contribution in [0.25, 0.3) is 11.3 Å². The molecule has 0 radical (unpaired) electrons. The first-order chi connectivity index (χ1) is 16.8. The number of nitrogens with one attached hydrogen (secondary N) is 3. The Hall–Kier alpha value is -3.40. The zero-order chi connectivity index (χ0) is 24.9. The van der Waals surface area contributed by atoms with Gasteiger partial charge in [-0.25, -0.2) is 9.97 Å². The van der Waals surface area contributed by atoms with Gasteiger partial charge >= 0.3 is 5.97 Å². The maximum Gasteiger partial charge on any atom is 0.320 e. The average molecular weight is 515 g/mol. The van der Waals surface area contributed by atoms with E-state index in [2.05, 4.69) is 25.9 Å². The summed E-state index contributed by atoms with van der Waals surface area (Å²) >= 11 is 12.5. The molecule has 9 nitrogen and oxygen atoms in total. The first-order valence-electron chi connectivity index (χ1n) is 11.0. The van der Waals surface area contributed by atoms with Gasteiger partial charge in [-0.2, -0.15) is 0 Å². The highest BCUT2D eigenvalue weighted by molar-refractivity contribution is 6.36. The molecule has 0 spiro atoms. The van der Waals surface area contributed by atoms with Gasteiger partial charge in [0.15, 0.2) is 11.6 Å². The summed E-state index contributed by atoms with van der Waals surface area (Å²) in [5.74, 6) is -0.625. The summed E-state index contributed by atoms with van der Waals surface area (Å²) in [6, 6.07) is 11.3. The number of nitrogen functional groups attached to an aromatic ring is 1. The highest BCUT2D eigenvalue weighted by Crippen LogP contribution is 2.27. The molecule has 1 aliphatic heterocycles. The number of aromatic nitrogens is 2. The minimum Gasteiger partial charge on any atom is -0.480 e. The predicted molar refractivity (Wildman–Crippen MR) is 136 cm³/mol. The molecule has 182 valence electrons. The van der Waals surface area contributed by atoms with Gasteiger partial charge in [0.25, 0.3) is 5.91 Å². The molecule has 4 rings (SSSR count). The third kappa shape index (κ3) is 6.00. The van der Waals surface area contributed by atoms with Crippen molar-refractivity contribution in [2.75, 3.05) is 17.6 Å². The fourth-order valence-electron chi connectivity index (χ4n) is 3.87. The quantitative estimate of drug-likeness (QED) is 0.322. The first-order valence-corrected chi connectivity index (χ1v) is 11.7. The Morgan fingerprint density at radius 2 is 1.91 bits per heavy atom. The number of halogens is 2. The molecular formula is C24H24Cl2N6O3. The Bertz CT molecular complexity index is 1240. The molecule has 2 atom stereocenters. The zero-order valence-corrected chi connectivity index (χ0v) is 20.1. The Labute approximate surface area is 212 Å². The molecule has 1 fully saturated rings. The lowest BCUT2D eigenvalue weighted by Crippen LogP contribution is -2.50. The number of piperidine rings is 1. The van der Waals surface area contributed by atoms with E-state index < -0.39 is 12.0 Å². The van der Waals surface area contributed by atoms with Crippen LogP contribution < -0.4 is 21.7 Å². The molecule has 3 aromatic rings. The lowest BCUT2D eigenvalue weighted by molar-refractivity contribution is -0.140. The van der Waals surface area contributed by atoms with E-state index in [-0.39, 0.29) is 17.8 Å². The van der Waals surface area contributed by atoms with E-state index in [0.717, 1.165) is 0 Å². The molecule has 6 N–H and O–H groups in total. The summed E-state index contributed by atoms with van der Waals surface area (Å²) in [7, 11) is 0. The maximum absolute atomic E-state index is 12.8. The summed E-state index contributed by atoms with van der Waals surface area (Å²) in [6.07, 6.45) is 2.52. The van der Waals surface area contributed by atoms with E-state index in [0.29, 0.717) is 64.2 Å². The number of carboxylic acid groups (broad SMARTS) is 1. The van der Waals surface area contributed by atoms with Crippen molar-refractivity contribution < 1.29 is 14.7 Å². The van der Waals surface area contributed by atoms with Crippen LogP contribution in [0.1, 0.15) is 28.8 Å². The van der Waals surface area contributed by atoms with Gasteiger partial charge in [0.05, 0.1) is 11.9 Å². The van der Waals surface area contributed by atoms with E-state index in [1.807, 2.05) is 6.07 Å². The molecule has 2 heterocycles. The molecule has 1 amide bonds. The number of hydrogen-bond donors (Lipinski definition) is 5. The Morgan fingerprint density at radius 3 is 2.66 bits per heavy atom. The normalized spacial score (nSPS) is 17.5. The summed E-state index contributed by atoms with van der Waals surface area (Å²) in [6.45, 7) is 0.828. The van der Waals surface area contributed by atoms with E-state index in [1.165, 1.54) is 6.20 Å². The lowest BCUT2D eigenvalue weighted by Gasteiger charge is -2.28. The van der Waals surface area contributed by atoms with Gasteiger partial charge in [-0.15, -0.1) is 0 Å². The van der Waals surface area contributed by atoms with Gasteiger partial charge in [-0.1, -0.05) is 41.4 Å². The summed E-state index contributed by atoms with van der Waals surface area (Å²) in [5, 5.41) is 19.3. The second-order valence-corrected chi connectivity index (χ2v) is 8.98. The number of carboxylic acids is 1. The van der Waals surface area contributed by atoms with Crippen molar-refractivity contribution in [3.05, 3.63) is 69.8 Å². The number of anilines is 2. The summed E-state index contributed by atoms with van der Waals surface area (Å²) in [5.41, 5.74) is 8.36. The molecule has 0 saturated carbocycles. The number of rotatable bonds is 7. The molecule has 0 bridgehead atoms. The van der Waals surface area contributed by atoms with Crippen LogP contribution in [0.3, 0.4) is 0 Å². The van der Waals surface area contributed by atoms with Crippen LogP contribution >= 0.6 is 23.2 Å². The largest absolute Gasteiger partial charge is 0.480 e. The lowest BCUT2D eigenvalue weighted by atomic mass is 9.99. The smallest absolute Gasteiger partial charge is 0.320 e. The summed E-state index contributed by atoms with van der Waals surface area (Å²) < 4.78 is 0. The standard InChI is InChI=1S/C24H24Cl2N6O3/c25-17-5-2-6-18(26)16(17)11-30-22-21(27)29-12-20(32-22)13-3-1-4-14(9-13)23(33)31-15-7-8-28-19(10-15)24(34)35/h1-6,9,12,15,19,28H,7-8,10-11H2,(H2,27,29)(H,30,32)(H,31,33)(H,34,35)/t15?,19-/m1/s1. The number of carbonyl (C=O) groups excluding carboxylic acids is 1. The van der Waals surface area contributed by atoms with Gasteiger partial charge in [-0.3, -0.25) is 9.59 Å². The van der Waals surface area contributed by atoms with Crippen LogP contribution in [-0.2, 0) is 11.3 Å². The maximum atomic E-state index is 12.8. The van der Waals surface area contributed by atoms with Crippen LogP contribution in [0, 0.1) is 0 Å². The van der Waals surface area contributed by atoms with Crippen LogP contribution in [0.15, 0.2) is 48.7 Å². The highest BCUT2D eigenvalue weighted by atomic mass is 35.5. The third-order valence-corrected chi connectivity index (χ3v) is 6.46. The highest BCUT2D eigenvalue weighted by Gasteiger charge is 2.27. The van der Waals surface area contributed by atoms with E-state index >= 15 is 0 Å². The van der Waals surface area contributed by atoms with Crippen LogP contribution in [0.5, 0.6) is 0 Å². The number of amides is 1. The van der Waals surface area contributed by atoms with Crippen molar-refractivity contribution in [1.29, 1.82) is 0 Å².